The van der Waals surface area contributed by atoms with Gasteiger partial charge < -0.3 is 10.1 Å². The van der Waals surface area contributed by atoms with E-state index >= 15 is 0 Å². The van der Waals surface area contributed by atoms with Crippen LogP contribution in [0, 0.1) is 10.9 Å². The van der Waals surface area contributed by atoms with E-state index in [1.54, 1.807) is 0 Å². The van der Waals surface area contributed by atoms with Gasteiger partial charge in [0.15, 0.2) is 3.95 Å². The Kier molecular flexibility index (Phi) is 5.01. The summed E-state index contributed by atoms with van der Waals surface area (Å²) in [6.07, 6.45) is 0. The highest BCUT2D eigenvalue weighted by Crippen LogP contribution is 2.24. The van der Waals surface area contributed by atoms with E-state index < -0.39 is 0 Å². The molecule has 1 aliphatic heterocycles. The number of anilines is 2. The molecular weight excluding hydrogens is 364 g/mol. The smallest absolute Gasteiger partial charge is 0.209 e. The zero-order chi connectivity index (χ0) is 17.9. The quantitative estimate of drug-likeness (QED) is 0.667. The number of hydrogen-bond donors (Lipinski definition) is 1. The average molecular weight is 385 g/mol. The summed E-state index contributed by atoms with van der Waals surface area (Å²) in [4.78, 5) is 2.30. The number of rotatable bonds is 4. The van der Waals surface area contributed by atoms with E-state index in [1.807, 2.05) is 35.0 Å². The molecule has 2 aromatic carbocycles. The molecule has 2 heterocycles. The number of aromatic nitrogens is 2. The fraction of sp³-hybridized carbons (Fsp3) is 0.263. The van der Waals surface area contributed by atoms with E-state index in [2.05, 4.69) is 40.4 Å². The van der Waals surface area contributed by atoms with Gasteiger partial charge in [0.2, 0.25) is 5.13 Å². The summed E-state index contributed by atoms with van der Waals surface area (Å²) in [5.74, 6) is 0.971. The first-order valence-electron chi connectivity index (χ1n) is 8.52. The average Bonchev–Trinajstić information content (AvgIpc) is 2.83. The van der Waals surface area contributed by atoms with Gasteiger partial charge in [0, 0.05) is 24.3 Å². The Bertz CT molecular complexity index is 966. The number of nitrogens with zero attached hydrogens (tertiary/aromatic N) is 3. The lowest BCUT2D eigenvalue weighted by Crippen LogP contribution is -2.28. The fourth-order valence-electron chi connectivity index (χ4n) is 2.98. The van der Waals surface area contributed by atoms with Crippen LogP contribution in [0.4, 0.5) is 10.8 Å². The van der Waals surface area contributed by atoms with Crippen LogP contribution in [0.1, 0.15) is 11.1 Å². The van der Waals surface area contributed by atoms with Crippen LogP contribution in [0.25, 0.3) is 0 Å². The third-order valence-electron chi connectivity index (χ3n) is 4.24. The second-order valence-corrected chi connectivity index (χ2v) is 7.94. The number of nitrogens with one attached hydrogen (secondary N) is 1. The Hall–Kier alpha value is -2.22. The van der Waals surface area contributed by atoms with Crippen LogP contribution in [0.3, 0.4) is 0 Å². The summed E-state index contributed by atoms with van der Waals surface area (Å²) in [5, 5.41) is 8.81. The van der Waals surface area contributed by atoms with Gasteiger partial charge >= 0.3 is 0 Å². The van der Waals surface area contributed by atoms with Gasteiger partial charge in [-0.3, -0.25) is 4.90 Å². The zero-order valence-corrected chi connectivity index (χ0v) is 16.1. The van der Waals surface area contributed by atoms with Crippen LogP contribution in [0.5, 0.6) is 5.75 Å². The first kappa shape index (κ1) is 17.2. The molecule has 3 aromatic rings. The molecule has 0 amide bonds. The van der Waals surface area contributed by atoms with Crippen LogP contribution in [0.15, 0.2) is 48.5 Å². The highest BCUT2D eigenvalue weighted by atomic mass is 32.1. The van der Waals surface area contributed by atoms with Gasteiger partial charge in [0.25, 0.3) is 0 Å². The standard InChI is InChI=1S/C19H20N4OS2/c1-14-5-4-7-16(11-14)20-18-21-23(19(25)26-18)13-22-9-10-24-17-8-3-2-6-15(17)12-22/h2-8,11H,9-10,12-13H2,1H3,(H,20,21). The molecule has 0 unspecified atom stereocenters. The molecule has 0 fully saturated rings. The maximum atomic E-state index is 5.83. The molecule has 26 heavy (non-hydrogen) atoms. The van der Waals surface area contributed by atoms with Crippen molar-refractivity contribution in [1.82, 2.24) is 14.7 Å². The minimum atomic E-state index is 0.655. The topological polar surface area (TPSA) is 42.3 Å². The first-order chi connectivity index (χ1) is 12.7. The van der Waals surface area contributed by atoms with Crippen molar-refractivity contribution in [3.8, 4) is 5.75 Å². The lowest BCUT2D eigenvalue weighted by atomic mass is 10.2. The highest BCUT2D eigenvalue weighted by molar-refractivity contribution is 7.73. The van der Waals surface area contributed by atoms with Gasteiger partial charge in [-0.1, -0.05) is 41.7 Å². The van der Waals surface area contributed by atoms with Crippen molar-refractivity contribution < 1.29 is 4.74 Å². The number of para-hydroxylation sites is 1. The van der Waals surface area contributed by atoms with Gasteiger partial charge in [-0.05, 0) is 42.9 Å². The van der Waals surface area contributed by atoms with Crippen molar-refractivity contribution in [3.05, 3.63) is 63.6 Å². The summed E-state index contributed by atoms with van der Waals surface area (Å²) < 4.78 is 8.48. The largest absolute Gasteiger partial charge is 0.492 e. The summed E-state index contributed by atoms with van der Waals surface area (Å²) in [6.45, 7) is 5.07. The summed E-state index contributed by atoms with van der Waals surface area (Å²) in [5.41, 5.74) is 3.43. The Morgan fingerprint density at radius 3 is 3.00 bits per heavy atom. The molecule has 0 saturated carbocycles. The number of aryl methyl sites for hydroxylation is 1. The summed E-state index contributed by atoms with van der Waals surface area (Å²) >= 11 is 7.01. The number of ether oxygens (including phenoxy) is 1. The van der Waals surface area contributed by atoms with Crippen LogP contribution in [-0.4, -0.2) is 27.8 Å². The molecule has 7 heteroatoms. The maximum absolute atomic E-state index is 5.83. The van der Waals surface area contributed by atoms with Crippen LogP contribution in [0.2, 0.25) is 0 Å². The summed E-state index contributed by atoms with van der Waals surface area (Å²) in [6, 6.07) is 16.4. The van der Waals surface area contributed by atoms with Crippen molar-refractivity contribution in [1.29, 1.82) is 0 Å². The van der Waals surface area contributed by atoms with Gasteiger partial charge in [0.1, 0.15) is 12.4 Å². The molecule has 0 aliphatic carbocycles. The molecule has 1 aromatic heterocycles. The van der Waals surface area contributed by atoms with E-state index in [0.717, 1.165) is 33.6 Å². The molecule has 1 aliphatic rings. The third-order valence-corrected chi connectivity index (χ3v) is 5.46. The van der Waals surface area contributed by atoms with Crippen molar-refractivity contribution in [3.63, 3.8) is 0 Å². The Morgan fingerprint density at radius 2 is 2.12 bits per heavy atom. The van der Waals surface area contributed by atoms with E-state index in [9.17, 15) is 0 Å². The fourth-order valence-corrected chi connectivity index (χ4v) is 4.00. The van der Waals surface area contributed by atoms with Crippen molar-refractivity contribution in [2.24, 2.45) is 0 Å². The number of hydrogen-bond acceptors (Lipinski definition) is 6. The molecular formula is C19H20N4OS2. The van der Waals surface area contributed by atoms with E-state index in [4.69, 9.17) is 17.0 Å². The highest BCUT2D eigenvalue weighted by Gasteiger charge is 2.16. The Labute approximate surface area is 161 Å². The summed E-state index contributed by atoms with van der Waals surface area (Å²) in [7, 11) is 0. The second kappa shape index (κ2) is 7.57. The lowest BCUT2D eigenvalue weighted by Gasteiger charge is -2.18. The van der Waals surface area contributed by atoms with Crippen molar-refractivity contribution in [2.45, 2.75) is 20.1 Å². The van der Waals surface area contributed by atoms with Crippen LogP contribution in [-0.2, 0) is 13.2 Å². The first-order valence-corrected chi connectivity index (χ1v) is 9.74. The van der Waals surface area contributed by atoms with Gasteiger partial charge in [-0.25, -0.2) is 4.68 Å². The molecule has 134 valence electrons. The van der Waals surface area contributed by atoms with Crippen molar-refractivity contribution >= 4 is 34.4 Å². The van der Waals surface area contributed by atoms with Crippen LogP contribution < -0.4 is 10.1 Å². The number of fused-ring (bicyclic) bond motifs is 1. The molecule has 0 saturated heterocycles. The SMILES string of the molecule is Cc1cccc(Nc2nn(CN3CCOc4ccccc4C3)c(=S)s2)c1. The third kappa shape index (κ3) is 3.95. The van der Waals surface area contributed by atoms with Crippen LogP contribution >= 0.6 is 23.6 Å². The van der Waals surface area contributed by atoms with E-state index in [-0.39, 0.29) is 0 Å². The molecule has 0 spiro atoms. The van der Waals surface area contributed by atoms with E-state index in [1.165, 1.54) is 22.5 Å². The number of benzene rings is 2. The maximum Gasteiger partial charge on any atom is 0.209 e. The van der Waals surface area contributed by atoms with Gasteiger partial charge in [-0.2, -0.15) is 0 Å². The molecule has 1 N–H and O–H groups in total. The van der Waals surface area contributed by atoms with Gasteiger partial charge in [-0.15, -0.1) is 5.10 Å². The van der Waals surface area contributed by atoms with Gasteiger partial charge in [0.05, 0.1) is 6.67 Å². The Morgan fingerprint density at radius 1 is 1.23 bits per heavy atom. The minimum Gasteiger partial charge on any atom is -0.492 e. The second-order valence-electron chi connectivity index (χ2n) is 6.32. The molecule has 4 rings (SSSR count). The molecule has 0 radical (unpaired) electrons. The normalized spacial score (nSPS) is 14.3. The monoisotopic (exact) mass is 384 g/mol. The molecule has 0 bridgehead atoms. The minimum absolute atomic E-state index is 0.655. The zero-order valence-electron chi connectivity index (χ0n) is 14.5. The van der Waals surface area contributed by atoms with E-state index in [0.29, 0.717) is 13.3 Å². The predicted octanol–water partition coefficient (Wildman–Crippen LogP) is 4.58. The predicted molar refractivity (Wildman–Crippen MR) is 108 cm³/mol. The molecule has 5 nitrogen and oxygen atoms in total. The Balaban J connectivity index is 1.49. The molecule has 0 atom stereocenters. The van der Waals surface area contributed by atoms with Crippen molar-refractivity contribution in [2.75, 3.05) is 18.5 Å². The lowest BCUT2D eigenvalue weighted by molar-refractivity contribution is 0.178.